The molecule has 1 aliphatic heterocycles. The molecule has 0 radical (unpaired) electrons. The molecule has 1 unspecified atom stereocenters. The van der Waals surface area contributed by atoms with E-state index >= 15 is 0 Å². The number of nitrogens with one attached hydrogen (secondary N) is 3. The van der Waals surface area contributed by atoms with Crippen molar-refractivity contribution in [3.63, 3.8) is 0 Å². The molecule has 0 aliphatic carbocycles. The van der Waals surface area contributed by atoms with Crippen molar-refractivity contribution in [2.45, 2.75) is 26.4 Å². The Morgan fingerprint density at radius 1 is 1.28 bits per heavy atom. The number of allylic oxidation sites excluding steroid dienone is 3. The minimum Gasteiger partial charge on any atom is -0.499 e. The Kier molecular flexibility index (Phi) is 11.3. The molecular formula is C25H33N3O3S. The Morgan fingerprint density at radius 3 is 2.78 bits per heavy atom. The average molecular weight is 456 g/mol. The molecule has 172 valence electrons. The standard InChI is InChI=1S/C25H33N3O3S/c1-5-9-23(12-13-26-16-21-10-7-6-8-11-21)28-25(32)27-20(3)22-14-19(2)31-18-30-17-24(15-22)29-4/h5-12,14-15,20,26H,2,13,16-18H2,1,3-4H3,(H2,27,28,32)/b9-5-,22-14+,23-12+,24-15+. The van der Waals surface area contributed by atoms with Crippen molar-refractivity contribution in [3.8, 4) is 0 Å². The smallest absolute Gasteiger partial charge is 0.189 e. The molecule has 0 saturated carbocycles. The van der Waals surface area contributed by atoms with Gasteiger partial charge in [0.1, 0.15) is 18.1 Å². The summed E-state index contributed by atoms with van der Waals surface area (Å²) in [5, 5.41) is 10.5. The summed E-state index contributed by atoms with van der Waals surface area (Å²) in [6.07, 6.45) is 9.78. The molecule has 0 amide bonds. The van der Waals surface area contributed by atoms with Crippen molar-refractivity contribution in [1.29, 1.82) is 0 Å². The second-order valence-corrected chi connectivity index (χ2v) is 7.54. The van der Waals surface area contributed by atoms with Crippen LogP contribution < -0.4 is 16.0 Å². The Hall–Kier alpha value is -2.87. The van der Waals surface area contributed by atoms with Crippen LogP contribution in [-0.4, -0.2) is 38.2 Å². The molecule has 1 aromatic rings. The topological polar surface area (TPSA) is 63.8 Å². The number of rotatable bonds is 9. The maximum absolute atomic E-state index is 5.55. The van der Waals surface area contributed by atoms with Crippen LogP contribution in [0.15, 0.2) is 90.1 Å². The van der Waals surface area contributed by atoms with Gasteiger partial charge in [-0.1, -0.05) is 43.0 Å². The van der Waals surface area contributed by atoms with Gasteiger partial charge >= 0.3 is 0 Å². The third-order valence-electron chi connectivity index (χ3n) is 4.58. The third-order valence-corrected chi connectivity index (χ3v) is 4.80. The molecule has 0 aromatic heterocycles. The van der Waals surface area contributed by atoms with Crippen molar-refractivity contribution in [1.82, 2.24) is 16.0 Å². The first-order chi connectivity index (χ1) is 15.5. The summed E-state index contributed by atoms with van der Waals surface area (Å²) < 4.78 is 16.2. The largest absolute Gasteiger partial charge is 0.499 e. The summed E-state index contributed by atoms with van der Waals surface area (Å²) in [7, 11) is 1.62. The highest BCUT2D eigenvalue weighted by molar-refractivity contribution is 7.80. The van der Waals surface area contributed by atoms with Crippen molar-refractivity contribution in [2.24, 2.45) is 0 Å². The summed E-state index contributed by atoms with van der Waals surface area (Å²) in [5.74, 6) is 1.21. The lowest BCUT2D eigenvalue weighted by atomic mass is 10.1. The van der Waals surface area contributed by atoms with Crippen molar-refractivity contribution >= 4 is 17.3 Å². The number of methoxy groups -OCH3 is 1. The number of hydrogen-bond acceptors (Lipinski definition) is 5. The van der Waals surface area contributed by atoms with E-state index in [1.54, 1.807) is 7.11 Å². The Balaban J connectivity index is 1.96. The second-order valence-electron chi connectivity index (χ2n) is 7.13. The van der Waals surface area contributed by atoms with Crippen LogP contribution in [0.25, 0.3) is 0 Å². The maximum Gasteiger partial charge on any atom is 0.189 e. The first-order valence-corrected chi connectivity index (χ1v) is 10.9. The predicted molar refractivity (Wildman–Crippen MR) is 134 cm³/mol. The first kappa shape index (κ1) is 25.4. The summed E-state index contributed by atoms with van der Waals surface area (Å²) in [5.41, 5.74) is 3.08. The molecule has 1 aliphatic rings. The van der Waals surface area contributed by atoms with E-state index in [4.69, 9.17) is 26.4 Å². The van der Waals surface area contributed by atoms with Crippen molar-refractivity contribution in [3.05, 3.63) is 95.6 Å². The lowest BCUT2D eigenvalue weighted by Crippen LogP contribution is -2.40. The van der Waals surface area contributed by atoms with E-state index in [0.717, 1.165) is 17.8 Å². The zero-order chi connectivity index (χ0) is 23.2. The molecule has 6 nitrogen and oxygen atoms in total. The second kappa shape index (κ2) is 14.2. The summed E-state index contributed by atoms with van der Waals surface area (Å²) in [4.78, 5) is 0. The van der Waals surface area contributed by atoms with Gasteiger partial charge in [0.15, 0.2) is 11.9 Å². The fraction of sp³-hybridized carbons (Fsp3) is 0.320. The van der Waals surface area contributed by atoms with Crippen LogP contribution in [0.1, 0.15) is 19.4 Å². The molecule has 2 rings (SSSR count). The number of ether oxygens (including phenoxy) is 3. The highest BCUT2D eigenvalue weighted by Crippen LogP contribution is 2.15. The first-order valence-electron chi connectivity index (χ1n) is 10.5. The van der Waals surface area contributed by atoms with Crippen LogP contribution in [0, 0.1) is 0 Å². The molecule has 7 heteroatoms. The minimum absolute atomic E-state index is 0.110. The van der Waals surface area contributed by atoms with Crippen LogP contribution in [0.5, 0.6) is 0 Å². The Bertz CT molecular complexity index is 876. The molecular weight excluding hydrogens is 422 g/mol. The van der Waals surface area contributed by atoms with Gasteiger partial charge in [0.05, 0.1) is 13.2 Å². The maximum atomic E-state index is 5.55. The average Bonchev–Trinajstić information content (AvgIpc) is 2.87. The fourth-order valence-corrected chi connectivity index (χ4v) is 3.20. The summed E-state index contributed by atoms with van der Waals surface area (Å²) in [6, 6.07) is 10.2. The molecule has 3 N–H and O–H groups in total. The quantitative estimate of drug-likeness (QED) is 0.295. The molecule has 1 atom stereocenters. The van der Waals surface area contributed by atoms with E-state index in [0.29, 0.717) is 29.8 Å². The summed E-state index contributed by atoms with van der Waals surface area (Å²) >= 11 is 5.55. The van der Waals surface area contributed by atoms with Crippen LogP contribution in [-0.2, 0) is 20.8 Å². The van der Waals surface area contributed by atoms with E-state index in [-0.39, 0.29) is 12.8 Å². The van der Waals surface area contributed by atoms with Gasteiger partial charge in [-0.2, -0.15) is 0 Å². The van der Waals surface area contributed by atoms with Crippen LogP contribution >= 0.6 is 12.2 Å². The highest BCUT2D eigenvalue weighted by Gasteiger charge is 2.13. The van der Waals surface area contributed by atoms with Gasteiger partial charge in [0.2, 0.25) is 0 Å². The lowest BCUT2D eigenvalue weighted by Gasteiger charge is -2.19. The highest BCUT2D eigenvalue weighted by atomic mass is 32.1. The number of benzene rings is 1. The monoisotopic (exact) mass is 455 g/mol. The van der Waals surface area contributed by atoms with Gasteiger partial charge in [0.25, 0.3) is 0 Å². The van der Waals surface area contributed by atoms with E-state index in [9.17, 15) is 0 Å². The molecule has 0 bridgehead atoms. The van der Waals surface area contributed by atoms with Crippen LogP contribution in [0.2, 0.25) is 0 Å². The molecule has 0 spiro atoms. The van der Waals surface area contributed by atoms with Crippen molar-refractivity contribution in [2.75, 3.05) is 27.1 Å². The molecule has 1 aromatic carbocycles. The fourth-order valence-electron chi connectivity index (χ4n) is 2.91. The molecule has 0 saturated heterocycles. The zero-order valence-electron chi connectivity index (χ0n) is 19.0. The van der Waals surface area contributed by atoms with Gasteiger partial charge in [-0.15, -0.1) is 0 Å². The third kappa shape index (κ3) is 9.51. The minimum atomic E-state index is -0.110. The molecule has 32 heavy (non-hydrogen) atoms. The van der Waals surface area contributed by atoms with Gasteiger partial charge in [0, 0.05) is 18.8 Å². The predicted octanol–water partition coefficient (Wildman–Crippen LogP) is 4.06. The van der Waals surface area contributed by atoms with E-state index in [2.05, 4.69) is 40.7 Å². The number of thiocarbonyl (C=S) groups is 1. The Morgan fingerprint density at radius 2 is 2.06 bits per heavy atom. The van der Waals surface area contributed by atoms with Gasteiger partial charge < -0.3 is 30.2 Å². The number of hydrogen-bond donors (Lipinski definition) is 3. The van der Waals surface area contributed by atoms with Gasteiger partial charge in [-0.25, -0.2) is 0 Å². The normalized spacial score (nSPS) is 19.3. The molecule has 1 heterocycles. The van der Waals surface area contributed by atoms with E-state index in [1.165, 1.54) is 5.56 Å². The van der Waals surface area contributed by atoms with E-state index in [1.807, 2.05) is 56.4 Å². The SMILES string of the molecule is C=C1/C=C(C(C)NC(=S)NC(/C=C\C)=C/CNCc2ccccc2)\C=C(\OC)COCO1. The van der Waals surface area contributed by atoms with Crippen molar-refractivity contribution < 1.29 is 14.2 Å². The van der Waals surface area contributed by atoms with Gasteiger partial charge in [-0.05, 0) is 61.5 Å². The summed E-state index contributed by atoms with van der Waals surface area (Å²) in [6.45, 7) is 9.85. The van der Waals surface area contributed by atoms with E-state index < -0.39 is 0 Å². The lowest BCUT2D eigenvalue weighted by molar-refractivity contribution is -0.0196. The Labute approximate surface area is 196 Å². The van der Waals surface area contributed by atoms with Crippen LogP contribution in [0.3, 0.4) is 0 Å². The van der Waals surface area contributed by atoms with Gasteiger partial charge in [-0.3, -0.25) is 0 Å². The zero-order valence-corrected chi connectivity index (χ0v) is 19.8. The molecule has 0 fully saturated rings. The van der Waals surface area contributed by atoms with Crippen LogP contribution in [0.4, 0.5) is 0 Å².